The maximum Gasteiger partial charge on any atom is 0.435 e. The molecular formula is C33H18F27O4P. The third-order valence-corrected chi connectivity index (χ3v) is 11.9. The third-order valence-electron chi connectivity index (χ3n) is 8.86. The Kier molecular flexibility index (Phi) is 14.6. The normalized spacial score (nSPS) is 15.1. The number of halogens is 27. The van der Waals surface area contributed by atoms with E-state index in [4.69, 9.17) is 0 Å². The fourth-order valence-electron chi connectivity index (χ4n) is 5.61. The van der Waals surface area contributed by atoms with Crippen molar-refractivity contribution in [3.05, 3.63) is 89.5 Å². The summed E-state index contributed by atoms with van der Waals surface area (Å²) in [4.78, 5) is 0. The van der Waals surface area contributed by atoms with Gasteiger partial charge in [-0.05, 0) is 16.7 Å². The van der Waals surface area contributed by atoms with Gasteiger partial charge in [0.2, 0.25) is 0 Å². The fraction of sp³-hybridized carbons (Fsp3) is 0.455. The summed E-state index contributed by atoms with van der Waals surface area (Å²) in [6.45, 7) is -6.55. The van der Waals surface area contributed by atoms with Crippen molar-refractivity contribution in [2.75, 3.05) is 0 Å². The van der Waals surface area contributed by atoms with E-state index in [-0.39, 0.29) is 0 Å². The Hall–Kier alpha value is -4.12. The largest absolute Gasteiger partial charge is 0.435 e. The molecular weight excluding hydrogens is 1000 g/mol. The molecule has 0 aromatic heterocycles. The molecule has 0 radical (unpaired) electrons. The second-order valence-corrected chi connectivity index (χ2v) is 15.8. The van der Waals surface area contributed by atoms with Gasteiger partial charge >= 0.3 is 72.4 Å². The van der Waals surface area contributed by atoms with Gasteiger partial charge in [0.25, 0.3) is 0 Å². The molecule has 0 bridgehead atoms. The number of rotatable bonds is 12. The van der Waals surface area contributed by atoms with Crippen LogP contribution in [0.4, 0.5) is 119 Å². The molecule has 0 aliphatic rings. The molecule has 0 fully saturated rings. The summed E-state index contributed by atoms with van der Waals surface area (Å²) in [5, 5.41) is -2.30. The summed E-state index contributed by atoms with van der Waals surface area (Å²) in [5.74, 6) is 0. The SMILES string of the molecule is O=P(c1ccc(COC(C(F)(F)F)(C(F)(F)F)C(F)(F)F)cc1)(c1ccc(COC(C(F)(F)F)(C(F)(F)F)C(F)(F)F)cc1)c1ccc(COC(C(F)(F)F)(C(F)(F)F)C(F)(F)F)cc1. The van der Waals surface area contributed by atoms with Crippen LogP contribution in [0.25, 0.3) is 0 Å². The lowest BCUT2D eigenvalue weighted by Gasteiger charge is -2.38. The van der Waals surface area contributed by atoms with Crippen LogP contribution in [0.2, 0.25) is 0 Å². The number of alkyl halides is 27. The van der Waals surface area contributed by atoms with Crippen molar-refractivity contribution >= 4 is 23.1 Å². The molecule has 3 rings (SSSR count). The van der Waals surface area contributed by atoms with E-state index in [9.17, 15) is 123 Å². The molecule has 4 nitrogen and oxygen atoms in total. The first-order valence-electron chi connectivity index (χ1n) is 16.2. The number of benzene rings is 3. The Morgan fingerprint density at radius 3 is 0.538 bits per heavy atom. The molecule has 0 aliphatic heterocycles. The first-order valence-corrected chi connectivity index (χ1v) is 17.9. The van der Waals surface area contributed by atoms with E-state index in [1.165, 1.54) is 0 Å². The zero-order valence-corrected chi connectivity index (χ0v) is 31.2. The first kappa shape index (κ1) is 55.2. The lowest BCUT2D eigenvalue weighted by atomic mass is 10.0. The molecule has 0 saturated carbocycles. The van der Waals surface area contributed by atoms with Crippen molar-refractivity contribution in [3.63, 3.8) is 0 Å². The van der Waals surface area contributed by atoms with Crippen LogP contribution >= 0.6 is 7.14 Å². The van der Waals surface area contributed by atoms with Crippen LogP contribution < -0.4 is 15.9 Å². The second-order valence-electron chi connectivity index (χ2n) is 13.0. The van der Waals surface area contributed by atoms with E-state index in [0.29, 0.717) is 72.8 Å². The summed E-state index contributed by atoms with van der Waals surface area (Å²) in [6, 6.07) is 5.05. The van der Waals surface area contributed by atoms with E-state index < -0.39 is 132 Å². The molecule has 3 aromatic rings. The predicted molar refractivity (Wildman–Crippen MR) is 163 cm³/mol. The highest BCUT2D eigenvalue weighted by Gasteiger charge is 2.87. The minimum atomic E-state index is -7.21. The van der Waals surface area contributed by atoms with Crippen molar-refractivity contribution in [2.24, 2.45) is 0 Å². The van der Waals surface area contributed by atoms with E-state index >= 15 is 0 Å². The van der Waals surface area contributed by atoms with Crippen LogP contribution in [-0.2, 0) is 38.6 Å². The third kappa shape index (κ3) is 9.83. The monoisotopic (exact) mass is 1020 g/mol. The zero-order chi connectivity index (χ0) is 50.7. The Bertz CT molecular complexity index is 1770. The molecule has 0 saturated heterocycles. The van der Waals surface area contributed by atoms with Crippen molar-refractivity contribution in [3.8, 4) is 0 Å². The van der Waals surface area contributed by atoms with Gasteiger partial charge in [0.1, 0.15) is 0 Å². The maximum atomic E-state index is 14.9. The lowest BCUT2D eigenvalue weighted by molar-refractivity contribution is -0.461. The molecule has 65 heavy (non-hydrogen) atoms. The van der Waals surface area contributed by atoms with E-state index in [1.54, 1.807) is 0 Å². The highest BCUT2D eigenvalue weighted by Crippen LogP contribution is 2.58. The number of ether oxygens (including phenoxy) is 3. The van der Waals surface area contributed by atoms with Crippen LogP contribution in [0, 0.1) is 0 Å². The molecule has 0 unspecified atom stereocenters. The van der Waals surface area contributed by atoms with E-state index in [2.05, 4.69) is 14.2 Å². The summed E-state index contributed by atoms with van der Waals surface area (Å²) >= 11 is 0. The average molecular weight is 1020 g/mol. The van der Waals surface area contributed by atoms with Crippen molar-refractivity contribution in [1.29, 1.82) is 0 Å². The van der Waals surface area contributed by atoms with E-state index in [0.717, 1.165) is 0 Å². The summed E-state index contributed by atoms with van der Waals surface area (Å²) in [5.41, 5.74) is -23.4. The standard InChI is InChI=1S/C33H18F27O4P/c34-25(35,36)22(26(37,38)39,27(40,41)42)62-13-16-1-7-19(8-2-16)65(61,20-9-3-17(4-10-20)14-63-23(28(43,44)45,29(46,47)48)30(49,50)51)21-11-5-18(6-12-21)15-64-24(31(52,53)54,32(55,56)57)33(58,59)60/h1-12H,13-15H2. The van der Waals surface area contributed by atoms with Crippen molar-refractivity contribution < 1.29 is 137 Å². The Balaban J connectivity index is 2.18. The van der Waals surface area contributed by atoms with Crippen LogP contribution in [0.1, 0.15) is 16.7 Å². The molecule has 0 N–H and O–H groups in total. The lowest BCUT2D eigenvalue weighted by Crippen LogP contribution is -2.67. The fourth-order valence-corrected chi connectivity index (χ4v) is 8.21. The second kappa shape index (κ2) is 17.2. The van der Waals surface area contributed by atoms with Gasteiger partial charge in [-0.3, -0.25) is 0 Å². The topological polar surface area (TPSA) is 44.8 Å². The highest BCUT2D eigenvalue weighted by atomic mass is 31.2. The Morgan fingerprint density at radius 1 is 0.277 bits per heavy atom. The highest BCUT2D eigenvalue weighted by molar-refractivity contribution is 7.85. The maximum absolute atomic E-state index is 14.9. The van der Waals surface area contributed by atoms with Crippen LogP contribution in [0.3, 0.4) is 0 Å². The quantitative estimate of drug-likeness (QED) is 0.134. The molecule has 0 heterocycles. The van der Waals surface area contributed by atoms with Gasteiger partial charge in [-0.25, -0.2) is 0 Å². The minimum Gasteiger partial charge on any atom is -0.346 e. The molecule has 32 heteroatoms. The van der Waals surface area contributed by atoms with Gasteiger partial charge in [-0.1, -0.05) is 72.8 Å². The Morgan fingerprint density at radius 2 is 0.415 bits per heavy atom. The summed E-state index contributed by atoms with van der Waals surface area (Å²) in [7, 11) is -4.97. The van der Waals surface area contributed by atoms with Gasteiger partial charge in [-0.15, -0.1) is 0 Å². The van der Waals surface area contributed by atoms with E-state index in [1.807, 2.05) is 0 Å². The summed E-state index contributed by atoms with van der Waals surface area (Å²) in [6.07, 6.45) is -64.9. The molecule has 0 atom stereocenters. The zero-order valence-electron chi connectivity index (χ0n) is 30.3. The minimum absolute atomic E-state index is 0.371. The molecule has 3 aromatic carbocycles. The van der Waals surface area contributed by atoms with Crippen LogP contribution in [0.5, 0.6) is 0 Å². The van der Waals surface area contributed by atoms with Gasteiger partial charge in [0.05, 0.1) is 19.8 Å². The first-order chi connectivity index (χ1) is 28.8. The van der Waals surface area contributed by atoms with Gasteiger partial charge in [-0.2, -0.15) is 119 Å². The Labute approximate surface area is 342 Å². The molecule has 368 valence electrons. The summed E-state index contributed by atoms with van der Waals surface area (Å²) < 4.78 is 385. The smallest absolute Gasteiger partial charge is 0.346 e. The van der Waals surface area contributed by atoms with Gasteiger partial charge in [0.15, 0.2) is 7.14 Å². The van der Waals surface area contributed by atoms with Gasteiger partial charge in [0, 0.05) is 15.9 Å². The predicted octanol–water partition coefficient (Wildman–Crippen LogP) is 12.2. The number of hydrogen-bond donors (Lipinski definition) is 0. The average Bonchev–Trinajstić information content (AvgIpc) is 3.07. The molecule has 0 amide bonds. The molecule has 0 spiro atoms. The van der Waals surface area contributed by atoms with Crippen LogP contribution in [0.15, 0.2) is 72.8 Å². The van der Waals surface area contributed by atoms with Crippen molar-refractivity contribution in [2.45, 2.75) is 92.2 Å². The van der Waals surface area contributed by atoms with Crippen LogP contribution in [-0.4, -0.2) is 72.4 Å². The number of hydrogen-bond acceptors (Lipinski definition) is 4. The molecule has 0 aliphatic carbocycles. The van der Waals surface area contributed by atoms with Gasteiger partial charge < -0.3 is 18.8 Å². The van der Waals surface area contributed by atoms with Crippen molar-refractivity contribution in [1.82, 2.24) is 0 Å².